The van der Waals surface area contributed by atoms with Gasteiger partial charge in [0.2, 0.25) is 0 Å². The summed E-state index contributed by atoms with van der Waals surface area (Å²) in [6, 6.07) is 16.8. The van der Waals surface area contributed by atoms with Crippen molar-refractivity contribution in [2.45, 2.75) is 24.9 Å². The largest absolute Gasteiger partial charge is 0.435 e. The van der Waals surface area contributed by atoms with E-state index < -0.39 is 27.8 Å². The van der Waals surface area contributed by atoms with E-state index in [0.717, 1.165) is 17.0 Å². The maximum atomic E-state index is 13.7. The van der Waals surface area contributed by atoms with Crippen molar-refractivity contribution in [1.29, 1.82) is 0 Å². The molecule has 0 N–H and O–H groups in total. The third-order valence-corrected chi connectivity index (χ3v) is 7.96. The summed E-state index contributed by atoms with van der Waals surface area (Å²) < 4.78 is 71.4. The Morgan fingerprint density at radius 1 is 1.00 bits per heavy atom. The standard InChI is InChI=1S/C26H24F3N3O4S2/c1-4-31(5-2)25(33)36-19-10-7-9-18(15-19)32-21(16-24(30-32)26(27,28)29)23-13-12-22(37-23)17-8-6-11-20(14-17)38(3,34)35/h6-16H,4-5H2,1-3H3. The molecular formula is C26H24F3N3O4S2. The first kappa shape index (κ1) is 27.4. The van der Waals surface area contributed by atoms with E-state index in [9.17, 15) is 26.4 Å². The van der Waals surface area contributed by atoms with Crippen molar-refractivity contribution in [3.05, 3.63) is 72.4 Å². The monoisotopic (exact) mass is 563 g/mol. The van der Waals surface area contributed by atoms with E-state index in [1.165, 1.54) is 40.5 Å². The van der Waals surface area contributed by atoms with Crippen molar-refractivity contribution < 1.29 is 31.1 Å². The Morgan fingerprint density at radius 3 is 2.34 bits per heavy atom. The number of amides is 1. The number of aromatic nitrogens is 2. The Labute approximate surface area is 222 Å². The number of hydrogen-bond acceptors (Lipinski definition) is 6. The van der Waals surface area contributed by atoms with Gasteiger partial charge < -0.3 is 9.64 Å². The van der Waals surface area contributed by atoms with Crippen LogP contribution >= 0.6 is 11.3 Å². The Balaban J connectivity index is 1.75. The zero-order valence-electron chi connectivity index (χ0n) is 20.7. The van der Waals surface area contributed by atoms with Gasteiger partial charge in [0.15, 0.2) is 15.5 Å². The van der Waals surface area contributed by atoms with Gasteiger partial charge in [-0.25, -0.2) is 17.9 Å². The summed E-state index contributed by atoms with van der Waals surface area (Å²) in [6.07, 6.45) is -4.14. The summed E-state index contributed by atoms with van der Waals surface area (Å²) in [5.41, 5.74) is -0.00177. The highest BCUT2D eigenvalue weighted by molar-refractivity contribution is 7.90. The molecular weight excluding hydrogens is 539 g/mol. The molecule has 4 rings (SSSR count). The molecule has 38 heavy (non-hydrogen) atoms. The van der Waals surface area contributed by atoms with Gasteiger partial charge in [0.25, 0.3) is 0 Å². The van der Waals surface area contributed by atoms with E-state index in [2.05, 4.69) is 5.10 Å². The number of benzene rings is 2. The minimum atomic E-state index is -4.68. The first-order chi connectivity index (χ1) is 17.9. The lowest BCUT2D eigenvalue weighted by Gasteiger charge is -2.18. The maximum absolute atomic E-state index is 13.7. The van der Waals surface area contributed by atoms with Crippen LogP contribution in [0.4, 0.5) is 18.0 Å². The summed E-state index contributed by atoms with van der Waals surface area (Å²) in [5.74, 6) is 0.166. The molecule has 2 aromatic carbocycles. The zero-order chi connectivity index (χ0) is 27.7. The molecule has 200 valence electrons. The summed E-state index contributed by atoms with van der Waals surface area (Å²) in [5, 5.41) is 3.81. The van der Waals surface area contributed by atoms with Crippen LogP contribution in [0.15, 0.2) is 71.6 Å². The Morgan fingerprint density at radius 2 is 1.68 bits per heavy atom. The van der Waals surface area contributed by atoms with Crippen LogP contribution in [0.1, 0.15) is 19.5 Å². The molecule has 4 aromatic rings. The van der Waals surface area contributed by atoms with E-state index in [1.807, 2.05) is 13.8 Å². The second kappa shape index (κ2) is 10.6. The minimum absolute atomic E-state index is 0.144. The lowest BCUT2D eigenvalue weighted by molar-refractivity contribution is -0.141. The third-order valence-electron chi connectivity index (χ3n) is 5.69. The lowest BCUT2D eigenvalue weighted by Crippen LogP contribution is -2.33. The average Bonchev–Trinajstić information content (AvgIpc) is 3.52. The number of halogens is 3. The van der Waals surface area contributed by atoms with Crippen LogP contribution in [0.2, 0.25) is 0 Å². The molecule has 2 heterocycles. The van der Waals surface area contributed by atoms with Gasteiger partial charge in [-0.3, -0.25) is 0 Å². The first-order valence-electron chi connectivity index (χ1n) is 11.6. The Bertz CT molecular complexity index is 1570. The van der Waals surface area contributed by atoms with Gasteiger partial charge in [0.05, 0.1) is 21.2 Å². The van der Waals surface area contributed by atoms with E-state index >= 15 is 0 Å². The van der Waals surface area contributed by atoms with E-state index in [4.69, 9.17) is 4.74 Å². The number of nitrogens with zero attached hydrogens (tertiary/aromatic N) is 3. The van der Waals surface area contributed by atoms with Gasteiger partial charge in [-0.2, -0.15) is 18.3 Å². The van der Waals surface area contributed by atoms with Crippen LogP contribution in [0.5, 0.6) is 5.75 Å². The zero-order valence-corrected chi connectivity index (χ0v) is 22.3. The molecule has 0 atom stereocenters. The van der Waals surface area contributed by atoms with Crippen LogP contribution in [0, 0.1) is 0 Å². The molecule has 7 nitrogen and oxygen atoms in total. The number of sulfone groups is 1. The number of alkyl halides is 3. The molecule has 0 aliphatic carbocycles. The number of thiophene rings is 1. The van der Waals surface area contributed by atoms with Gasteiger partial charge in [-0.1, -0.05) is 18.2 Å². The van der Waals surface area contributed by atoms with Crippen molar-refractivity contribution >= 4 is 27.3 Å². The fourth-order valence-corrected chi connectivity index (χ4v) is 5.40. The molecule has 12 heteroatoms. The SMILES string of the molecule is CCN(CC)C(=O)Oc1cccc(-n2nc(C(F)(F)F)cc2-c2ccc(-c3cccc(S(C)(=O)=O)c3)s2)c1. The number of ether oxygens (including phenoxy) is 1. The summed E-state index contributed by atoms with van der Waals surface area (Å²) in [4.78, 5) is 15.1. The fraction of sp³-hybridized carbons (Fsp3) is 0.231. The molecule has 0 saturated heterocycles. The van der Waals surface area contributed by atoms with E-state index in [0.29, 0.717) is 28.4 Å². The number of carbonyl (C=O) groups excluding carboxylic acids is 1. The molecule has 0 aliphatic heterocycles. The second-order valence-corrected chi connectivity index (χ2v) is 11.4. The van der Waals surface area contributed by atoms with Crippen molar-refractivity contribution in [2.24, 2.45) is 0 Å². The van der Waals surface area contributed by atoms with Crippen LogP contribution < -0.4 is 4.74 Å². The van der Waals surface area contributed by atoms with Gasteiger partial charge in [-0.05, 0) is 61.9 Å². The fourth-order valence-electron chi connectivity index (χ4n) is 3.73. The molecule has 0 bridgehead atoms. The molecule has 0 saturated carbocycles. The Kier molecular flexibility index (Phi) is 7.65. The van der Waals surface area contributed by atoms with Crippen molar-refractivity contribution in [2.75, 3.05) is 19.3 Å². The quantitative estimate of drug-likeness (QED) is 0.255. The number of rotatable bonds is 7. The maximum Gasteiger partial charge on any atom is 0.435 e. The molecule has 0 spiro atoms. The van der Waals surface area contributed by atoms with Gasteiger partial charge in [0.1, 0.15) is 5.75 Å². The predicted molar refractivity (Wildman–Crippen MR) is 139 cm³/mol. The third kappa shape index (κ3) is 5.91. The van der Waals surface area contributed by atoms with E-state index in [-0.39, 0.29) is 22.0 Å². The predicted octanol–water partition coefficient (Wildman–Crippen LogP) is 6.53. The summed E-state index contributed by atoms with van der Waals surface area (Å²) in [7, 11) is -3.43. The normalized spacial score (nSPS) is 11.9. The Hall–Kier alpha value is -3.64. The number of carbonyl (C=O) groups is 1. The lowest BCUT2D eigenvalue weighted by atomic mass is 10.2. The smallest absolute Gasteiger partial charge is 0.410 e. The van der Waals surface area contributed by atoms with Crippen LogP contribution in [0.25, 0.3) is 26.7 Å². The molecule has 0 unspecified atom stereocenters. The molecule has 2 aromatic heterocycles. The van der Waals surface area contributed by atoms with Gasteiger partial charge >= 0.3 is 12.3 Å². The van der Waals surface area contributed by atoms with Gasteiger partial charge in [-0.15, -0.1) is 11.3 Å². The highest BCUT2D eigenvalue weighted by Gasteiger charge is 2.35. The molecule has 0 radical (unpaired) electrons. The highest BCUT2D eigenvalue weighted by atomic mass is 32.2. The van der Waals surface area contributed by atoms with Crippen molar-refractivity contribution in [3.8, 4) is 32.4 Å². The molecule has 1 amide bonds. The average molecular weight is 564 g/mol. The second-order valence-electron chi connectivity index (χ2n) is 8.33. The highest BCUT2D eigenvalue weighted by Crippen LogP contribution is 2.39. The topological polar surface area (TPSA) is 81.5 Å². The van der Waals surface area contributed by atoms with Crippen LogP contribution in [0.3, 0.4) is 0 Å². The first-order valence-corrected chi connectivity index (χ1v) is 14.3. The number of hydrogen-bond donors (Lipinski definition) is 0. The van der Waals surface area contributed by atoms with Crippen molar-refractivity contribution in [1.82, 2.24) is 14.7 Å². The van der Waals surface area contributed by atoms with Crippen LogP contribution in [-0.2, 0) is 16.0 Å². The minimum Gasteiger partial charge on any atom is -0.410 e. The summed E-state index contributed by atoms with van der Waals surface area (Å²) >= 11 is 1.20. The van der Waals surface area contributed by atoms with Gasteiger partial charge in [0, 0.05) is 30.3 Å². The molecule has 0 fully saturated rings. The van der Waals surface area contributed by atoms with Crippen molar-refractivity contribution in [3.63, 3.8) is 0 Å². The van der Waals surface area contributed by atoms with Crippen LogP contribution in [-0.4, -0.2) is 48.5 Å². The summed E-state index contributed by atoms with van der Waals surface area (Å²) in [6.45, 7) is 4.51. The van der Waals surface area contributed by atoms with E-state index in [1.54, 1.807) is 36.4 Å². The molecule has 0 aliphatic rings.